The van der Waals surface area contributed by atoms with Crippen molar-refractivity contribution in [2.45, 2.75) is 195 Å². The molecule has 0 unspecified atom stereocenters. The van der Waals surface area contributed by atoms with E-state index < -0.39 is 0 Å². The lowest BCUT2D eigenvalue weighted by Gasteiger charge is -2.33. The summed E-state index contributed by atoms with van der Waals surface area (Å²) < 4.78 is 0. The fraction of sp³-hybridized carbons (Fsp3) is 0.886. The highest BCUT2D eigenvalue weighted by Crippen LogP contribution is 2.50. The van der Waals surface area contributed by atoms with Gasteiger partial charge in [-0.15, -0.1) is 0 Å². The summed E-state index contributed by atoms with van der Waals surface area (Å²) in [5.41, 5.74) is 5.53. The maximum atomic E-state index is 2.75. The highest BCUT2D eigenvalue weighted by Gasteiger charge is 2.36. The quantitative estimate of drug-likeness (QED) is 0.112. The Morgan fingerprint density at radius 3 is 1.20 bits per heavy atom. The molecule has 1 aliphatic rings. The van der Waals surface area contributed by atoms with Crippen molar-refractivity contribution >= 4 is 0 Å². The summed E-state index contributed by atoms with van der Waals surface area (Å²) in [6, 6.07) is 0. The highest BCUT2D eigenvalue weighted by molar-refractivity contribution is 5.46. The van der Waals surface area contributed by atoms with Gasteiger partial charge >= 0.3 is 0 Å². The van der Waals surface area contributed by atoms with E-state index in [1.165, 1.54) is 161 Å². The summed E-state index contributed by atoms with van der Waals surface area (Å²) in [4.78, 5) is 0. The minimum Gasteiger partial charge on any atom is -0.0710 e. The summed E-state index contributed by atoms with van der Waals surface area (Å²) in [6.45, 7) is 11.8. The molecule has 0 radical (unpaired) electrons. The lowest BCUT2D eigenvalue weighted by Crippen LogP contribution is -2.20. The smallest absolute Gasteiger partial charge is 0.0102 e. The Morgan fingerprint density at radius 1 is 0.457 bits per heavy atom. The second-order valence-electron chi connectivity index (χ2n) is 12.1. The Balaban J connectivity index is 2.60. The van der Waals surface area contributed by atoms with E-state index in [4.69, 9.17) is 0 Å². The molecule has 0 amide bonds. The molecule has 0 aromatic heterocycles. The van der Waals surface area contributed by atoms with Crippen LogP contribution in [0.1, 0.15) is 195 Å². The van der Waals surface area contributed by atoms with Crippen LogP contribution in [0.25, 0.3) is 0 Å². The molecule has 0 aliphatic heterocycles. The van der Waals surface area contributed by atoms with E-state index in [0.717, 1.165) is 0 Å². The monoisotopic (exact) mass is 487 g/mol. The summed E-state index contributed by atoms with van der Waals surface area (Å²) in [7, 11) is 0. The van der Waals surface area contributed by atoms with Gasteiger partial charge in [-0.2, -0.15) is 0 Å². The Labute approximate surface area is 223 Å². The van der Waals surface area contributed by atoms with E-state index >= 15 is 0 Å². The first kappa shape index (κ1) is 32.5. The average Bonchev–Trinajstić information content (AvgIpc) is 3.09. The first-order valence-corrected chi connectivity index (χ1v) is 16.5. The van der Waals surface area contributed by atoms with Gasteiger partial charge in [-0.05, 0) is 45.1 Å². The third-order valence-corrected chi connectivity index (χ3v) is 8.87. The van der Waals surface area contributed by atoms with Gasteiger partial charge in [0.25, 0.3) is 0 Å². The fourth-order valence-corrected chi connectivity index (χ4v) is 6.46. The van der Waals surface area contributed by atoms with Crippen molar-refractivity contribution in [2.75, 3.05) is 0 Å². The van der Waals surface area contributed by atoms with E-state index in [2.05, 4.69) is 40.7 Å². The molecule has 35 heavy (non-hydrogen) atoms. The molecule has 0 aromatic rings. The Morgan fingerprint density at radius 2 is 0.800 bits per heavy atom. The zero-order chi connectivity index (χ0) is 25.6. The van der Waals surface area contributed by atoms with Gasteiger partial charge in [0.2, 0.25) is 0 Å². The molecule has 0 bridgehead atoms. The molecule has 0 heterocycles. The number of hydrogen-bond acceptors (Lipinski definition) is 0. The molecule has 0 heteroatoms. The van der Waals surface area contributed by atoms with Crippen molar-refractivity contribution in [1.29, 1.82) is 0 Å². The van der Waals surface area contributed by atoms with Gasteiger partial charge in [0.1, 0.15) is 0 Å². The minimum absolute atomic E-state index is 0.405. The van der Waals surface area contributed by atoms with E-state index in [-0.39, 0.29) is 0 Å². The standard InChI is InChI=1S/C35H66/c1-6-9-12-15-18-20-23-26-29-35(30-27-24-21-19-16-13-10-7-2)31-32(4)33(5)34(35)28-25-22-17-14-11-8-3/h31H,6-30H2,1-5H3. The molecular weight excluding hydrogens is 420 g/mol. The number of allylic oxidation sites excluding steroid dienone is 4. The topological polar surface area (TPSA) is 0 Å². The first-order valence-electron chi connectivity index (χ1n) is 16.5. The van der Waals surface area contributed by atoms with Crippen LogP contribution in [0.15, 0.2) is 22.8 Å². The van der Waals surface area contributed by atoms with E-state index in [9.17, 15) is 0 Å². The summed E-state index contributed by atoms with van der Waals surface area (Å²) in [5, 5.41) is 0. The maximum absolute atomic E-state index is 2.75. The molecule has 1 aliphatic carbocycles. The normalized spacial score (nSPS) is 15.3. The fourth-order valence-electron chi connectivity index (χ4n) is 6.46. The largest absolute Gasteiger partial charge is 0.0710 e. The van der Waals surface area contributed by atoms with Crippen molar-refractivity contribution in [3.63, 3.8) is 0 Å². The molecule has 0 atom stereocenters. The number of hydrogen-bond donors (Lipinski definition) is 0. The molecule has 1 rings (SSSR count). The molecule has 0 nitrogen and oxygen atoms in total. The lowest BCUT2D eigenvalue weighted by atomic mass is 9.72. The lowest BCUT2D eigenvalue weighted by molar-refractivity contribution is 0.342. The first-order chi connectivity index (χ1) is 17.1. The van der Waals surface area contributed by atoms with E-state index in [1.807, 2.05) is 5.57 Å². The number of unbranched alkanes of at least 4 members (excludes halogenated alkanes) is 19. The molecule has 0 spiro atoms. The third kappa shape index (κ3) is 14.1. The summed E-state index contributed by atoms with van der Waals surface area (Å²) in [6.07, 6.45) is 38.4. The number of rotatable bonds is 25. The van der Waals surface area contributed by atoms with Gasteiger partial charge in [0.05, 0.1) is 0 Å². The van der Waals surface area contributed by atoms with Crippen molar-refractivity contribution in [2.24, 2.45) is 5.41 Å². The maximum Gasteiger partial charge on any atom is 0.0102 e. The second kappa shape index (κ2) is 21.6. The van der Waals surface area contributed by atoms with Gasteiger partial charge in [0.15, 0.2) is 0 Å². The summed E-state index contributed by atoms with van der Waals surface area (Å²) in [5.74, 6) is 0. The highest BCUT2D eigenvalue weighted by atomic mass is 14.4. The van der Waals surface area contributed by atoms with Crippen LogP contribution in [0.2, 0.25) is 0 Å². The van der Waals surface area contributed by atoms with Crippen LogP contribution < -0.4 is 0 Å². The van der Waals surface area contributed by atoms with Gasteiger partial charge in [-0.25, -0.2) is 0 Å². The third-order valence-electron chi connectivity index (χ3n) is 8.87. The van der Waals surface area contributed by atoms with Gasteiger partial charge in [0, 0.05) is 5.41 Å². The van der Waals surface area contributed by atoms with Gasteiger partial charge in [-0.1, -0.05) is 173 Å². The van der Waals surface area contributed by atoms with Crippen LogP contribution in [0.3, 0.4) is 0 Å². The molecule has 0 fully saturated rings. The average molecular weight is 487 g/mol. The van der Waals surface area contributed by atoms with Crippen LogP contribution in [0.4, 0.5) is 0 Å². The molecular formula is C35H66. The SMILES string of the molecule is CCCCCCCCCCC1(CCCCCCCCCC)C=C(C)C(C)=C1CCCCCCCC. The predicted molar refractivity (Wildman–Crippen MR) is 161 cm³/mol. The van der Waals surface area contributed by atoms with E-state index in [1.54, 1.807) is 11.1 Å². The van der Waals surface area contributed by atoms with Crippen LogP contribution in [-0.4, -0.2) is 0 Å². The van der Waals surface area contributed by atoms with Crippen LogP contribution in [0.5, 0.6) is 0 Å². The molecule has 0 saturated heterocycles. The Bertz CT molecular complexity index is 528. The predicted octanol–water partition coefficient (Wildman–Crippen LogP) is 13.1. The summed E-state index contributed by atoms with van der Waals surface area (Å²) >= 11 is 0. The Kier molecular flexibility index (Phi) is 20.0. The molecule has 0 aromatic carbocycles. The van der Waals surface area contributed by atoms with Crippen LogP contribution in [0, 0.1) is 5.41 Å². The van der Waals surface area contributed by atoms with Crippen molar-refractivity contribution in [3.05, 3.63) is 22.8 Å². The minimum atomic E-state index is 0.405. The molecule has 206 valence electrons. The van der Waals surface area contributed by atoms with Gasteiger partial charge in [-0.3, -0.25) is 0 Å². The zero-order valence-electron chi connectivity index (χ0n) is 25.3. The van der Waals surface area contributed by atoms with E-state index in [0.29, 0.717) is 5.41 Å². The van der Waals surface area contributed by atoms with Crippen LogP contribution in [-0.2, 0) is 0 Å². The van der Waals surface area contributed by atoms with Crippen molar-refractivity contribution < 1.29 is 0 Å². The van der Waals surface area contributed by atoms with Crippen molar-refractivity contribution in [1.82, 2.24) is 0 Å². The second-order valence-corrected chi connectivity index (χ2v) is 12.1. The zero-order valence-corrected chi connectivity index (χ0v) is 25.3. The van der Waals surface area contributed by atoms with Crippen molar-refractivity contribution in [3.8, 4) is 0 Å². The van der Waals surface area contributed by atoms with Gasteiger partial charge < -0.3 is 0 Å². The Hall–Kier alpha value is -0.520. The molecule has 0 saturated carbocycles. The molecule has 0 N–H and O–H groups in total. The van der Waals surface area contributed by atoms with Crippen LogP contribution >= 0.6 is 0 Å².